The Hall–Kier alpha value is -1.51. The minimum atomic E-state index is -4.41. The molecule has 1 atom stereocenters. The highest BCUT2D eigenvalue weighted by Gasteiger charge is 2.39. The fourth-order valence-corrected chi connectivity index (χ4v) is 2.99. The first-order valence-electron chi connectivity index (χ1n) is 7.91. The van der Waals surface area contributed by atoms with E-state index in [2.05, 4.69) is 17.1 Å². The van der Waals surface area contributed by atoms with Crippen molar-refractivity contribution in [3.05, 3.63) is 0 Å². The average molecular weight is 336 g/mol. The Kier molecular flexibility index (Phi) is 5.72. The number of alkyl halides is 3. The number of nitrogens with one attached hydrogen (secondary N) is 1. The number of carbonyl (C=O) groups excluding carboxylic acids is 2. The molecule has 2 aliphatic rings. The van der Waals surface area contributed by atoms with Gasteiger partial charge in [-0.3, -0.25) is 4.79 Å². The molecule has 0 bridgehead atoms. The van der Waals surface area contributed by atoms with Gasteiger partial charge in [0, 0.05) is 32.6 Å². The van der Waals surface area contributed by atoms with Crippen LogP contribution in [0, 0.1) is 0 Å². The number of halogens is 3. The topological polar surface area (TPSA) is 55.9 Å². The number of urea groups is 1. The van der Waals surface area contributed by atoms with Gasteiger partial charge >= 0.3 is 12.2 Å². The van der Waals surface area contributed by atoms with Gasteiger partial charge in [0.25, 0.3) is 0 Å². The van der Waals surface area contributed by atoms with E-state index in [1.807, 2.05) is 0 Å². The van der Waals surface area contributed by atoms with Crippen molar-refractivity contribution in [2.24, 2.45) is 0 Å². The molecule has 0 aliphatic carbocycles. The summed E-state index contributed by atoms with van der Waals surface area (Å²) in [7, 11) is 0. The number of likely N-dealkylation sites (N-methyl/N-ethyl adjacent to an activating group) is 1. The van der Waals surface area contributed by atoms with Crippen LogP contribution in [-0.2, 0) is 4.79 Å². The third-order valence-corrected chi connectivity index (χ3v) is 4.24. The second kappa shape index (κ2) is 7.37. The van der Waals surface area contributed by atoms with Crippen molar-refractivity contribution in [2.75, 3.05) is 45.8 Å². The van der Waals surface area contributed by atoms with E-state index in [1.165, 1.54) is 0 Å². The molecule has 0 unspecified atom stereocenters. The average Bonchev–Trinajstić information content (AvgIpc) is 2.66. The van der Waals surface area contributed by atoms with Crippen molar-refractivity contribution in [3.8, 4) is 0 Å². The Labute approximate surface area is 133 Å². The van der Waals surface area contributed by atoms with Gasteiger partial charge in [-0.05, 0) is 19.5 Å². The summed E-state index contributed by atoms with van der Waals surface area (Å²) in [6.07, 6.45) is -3.62. The number of likely N-dealkylation sites (tertiary alicyclic amines) is 1. The van der Waals surface area contributed by atoms with Crippen molar-refractivity contribution in [1.82, 2.24) is 20.0 Å². The van der Waals surface area contributed by atoms with Gasteiger partial charge in [-0.1, -0.05) is 6.92 Å². The van der Waals surface area contributed by atoms with Gasteiger partial charge in [-0.15, -0.1) is 0 Å². The van der Waals surface area contributed by atoms with Gasteiger partial charge in [0.05, 0.1) is 6.04 Å². The molecule has 6 nitrogen and oxygen atoms in total. The molecular formula is C14H23F3N4O2. The lowest BCUT2D eigenvalue weighted by Crippen LogP contribution is -2.47. The number of amides is 3. The Morgan fingerprint density at radius 1 is 1.26 bits per heavy atom. The van der Waals surface area contributed by atoms with Crippen LogP contribution in [0.5, 0.6) is 0 Å². The maximum Gasteiger partial charge on any atom is 0.406 e. The fraction of sp³-hybridized carbons (Fsp3) is 0.857. The van der Waals surface area contributed by atoms with Crippen LogP contribution in [0.25, 0.3) is 0 Å². The first-order valence-corrected chi connectivity index (χ1v) is 7.91. The van der Waals surface area contributed by atoms with E-state index in [0.29, 0.717) is 13.1 Å². The predicted molar refractivity (Wildman–Crippen MR) is 77.9 cm³/mol. The highest BCUT2D eigenvalue weighted by atomic mass is 19.4. The van der Waals surface area contributed by atoms with E-state index >= 15 is 0 Å². The van der Waals surface area contributed by atoms with Crippen molar-refractivity contribution in [3.63, 3.8) is 0 Å². The lowest BCUT2D eigenvalue weighted by atomic mass is 10.2. The van der Waals surface area contributed by atoms with E-state index in [4.69, 9.17) is 0 Å². The normalized spacial score (nSPS) is 24.0. The standard InChI is InChI=1S/C14H23F3N4O2/c1-2-19-4-3-5-20(7-6-19)13(23)18-11-8-12(22)21(9-11)10-14(15,16)17/h11H,2-10H2,1H3,(H,18,23)/t11-/m0/s1. The molecule has 9 heteroatoms. The molecule has 0 spiro atoms. The van der Waals surface area contributed by atoms with Crippen molar-refractivity contribution in [2.45, 2.75) is 32.0 Å². The summed E-state index contributed by atoms with van der Waals surface area (Å²) >= 11 is 0. The minimum absolute atomic E-state index is 0.0727. The third kappa shape index (κ3) is 5.26. The summed E-state index contributed by atoms with van der Waals surface area (Å²) in [6, 6.07) is -0.850. The molecule has 3 amide bonds. The molecule has 2 aliphatic heterocycles. The molecule has 0 saturated carbocycles. The molecule has 0 aromatic rings. The quantitative estimate of drug-likeness (QED) is 0.833. The van der Waals surface area contributed by atoms with Crippen molar-refractivity contribution < 1.29 is 22.8 Å². The van der Waals surface area contributed by atoms with Gasteiger partial charge in [-0.25, -0.2) is 4.79 Å². The fourth-order valence-electron chi connectivity index (χ4n) is 2.99. The van der Waals surface area contributed by atoms with E-state index in [9.17, 15) is 22.8 Å². The Morgan fingerprint density at radius 3 is 2.65 bits per heavy atom. The van der Waals surface area contributed by atoms with Gasteiger partial charge in [-0.2, -0.15) is 13.2 Å². The minimum Gasteiger partial charge on any atom is -0.333 e. The number of rotatable bonds is 3. The van der Waals surface area contributed by atoms with Gasteiger partial charge in [0.15, 0.2) is 0 Å². The molecule has 132 valence electrons. The van der Waals surface area contributed by atoms with Crippen LogP contribution >= 0.6 is 0 Å². The number of hydrogen-bond donors (Lipinski definition) is 1. The second-order valence-electron chi connectivity index (χ2n) is 6.01. The van der Waals surface area contributed by atoms with E-state index in [1.54, 1.807) is 4.90 Å². The van der Waals surface area contributed by atoms with E-state index in [0.717, 1.165) is 31.0 Å². The van der Waals surface area contributed by atoms with Crippen LogP contribution in [0.3, 0.4) is 0 Å². The number of hydrogen-bond acceptors (Lipinski definition) is 3. The summed E-state index contributed by atoms with van der Waals surface area (Å²) in [5, 5.41) is 2.69. The highest BCUT2D eigenvalue weighted by Crippen LogP contribution is 2.21. The van der Waals surface area contributed by atoms with Crippen LogP contribution < -0.4 is 5.32 Å². The zero-order valence-corrected chi connectivity index (χ0v) is 13.2. The molecular weight excluding hydrogens is 313 g/mol. The molecule has 0 radical (unpaired) electrons. The third-order valence-electron chi connectivity index (χ3n) is 4.24. The maximum absolute atomic E-state index is 12.4. The van der Waals surface area contributed by atoms with Gasteiger partial charge in [0.1, 0.15) is 6.54 Å². The van der Waals surface area contributed by atoms with Gasteiger partial charge < -0.3 is 20.0 Å². The molecule has 2 fully saturated rings. The largest absolute Gasteiger partial charge is 0.406 e. The summed E-state index contributed by atoms with van der Waals surface area (Å²) in [6.45, 7) is 4.58. The van der Waals surface area contributed by atoms with Crippen LogP contribution in [0.1, 0.15) is 19.8 Å². The lowest BCUT2D eigenvalue weighted by Gasteiger charge is -2.24. The van der Waals surface area contributed by atoms with Crippen LogP contribution in [0.15, 0.2) is 0 Å². The summed E-state index contributed by atoms with van der Waals surface area (Å²) in [5.74, 6) is -0.569. The number of carbonyl (C=O) groups is 2. The first-order chi connectivity index (χ1) is 10.8. The van der Waals surface area contributed by atoms with Crippen molar-refractivity contribution in [1.29, 1.82) is 0 Å². The van der Waals surface area contributed by atoms with Crippen LogP contribution in [0.2, 0.25) is 0 Å². The monoisotopic (exact) mass is 336 g/mol. The summed E-state index contributed by atoms with van der Waals surface area (Å²) in [5.41, 5.74) is 0. The molecule has 2 heterocycles. The number of nitrogens with zero attached hydrogens (tertiary/aromatic N) is 3. The Morgan fingerprint density at radius 2 is 2.00 bits per heavy atom. The lowest BCUT2D eigenvalue weighted by molar-refractivity contribution is -0.157. The zero-order valence-electron chi connectivity index (χ0n) is 13.2. The van der Waals surface area contributed by atoms with Crippen molar-refractivity contribution >= 4 is 11.9 Å². The second-order valence-corrected chi connectivity index (χ2v) is 6.01. The molecule has 2 saturated heterocycles. The zero-order chi connectivity index (χ0) is 17.0. The maximum atomic E-state index is 12.4. The molecule has 23 heavy (non-hydrogen) atoms. The first kappa shape index (κ1) is 17.8. The van der Waals surface area contributed by atoms with Crippen LogP contribution in [0.4, 0.5) is 18.0 Å². The van der Waals surface area contributed by atoms with E-state index in [-0.39, 0.29) is 19.0 Å². The molecule has 2 rings (SSSR count). The highest BCUT2D eigenvalue weighted by molar-refractivity contribution is 5.81. The Bertz CT molecular complexity index is 444. The summed E-state index contributed by atoms with van der Waals surface area (Å²) < 4.78 is 37.1. The predicted octanol–water partition coefficient (Wildman–Crippen LogP) is 0.887. The van der Waals surface area contributed by atoms with Gasteiger partial charge in [0.2, 0.25) is 5.91 Å². The SMILES string of the molecule is CCN1CCCN(C(=O)N[C@H]2CC(=O)N(CC(F)(F)F)C2)CC1. The molecule has 0 aromatic carbocycles. The summed E-state index contributed by atoms with van der Waals surface area (Å²) in [4.78, 5) is 28.5. The molecule has 1 N–H and O–H groups in total. The Balaban J connectivity index is 1.83. The molecule has 0 aromatic heterocycles. The van der Waals surface area contributed by atoms with E-state index < -0.39 is 24.7 Å². The van der Waals surface area contributed by atoms with Crippen LogP contribution in [-0.4, -0.2) is 84.7 Å². The smallest absolute Gasteiger partial charge is 0.333 e.